The molecule has 0 atom stereocenters. The molecule has 9 heteroatoms. The van der Waals surface area contributed by atoms with E-state index in [2.05, 4.69) is 115 Å². The number of amides is 4. The molecule has 4 amide bonds. The zero-order valence-electron chi connectivity index (χ0n) is 30.2. The van der Waals surface area contributed by atoms with E-state index in [1.54, 1.807) is 4.90 Å². The molecular formula is C41H54N6O3. The molecule has 2 aliphatic heterocycles. The van der Waals surface area contributed by atoms with Crippen molar-refractivity contribution in [1.29, 1.82) is 0 Å². The topological polar surface area (TPSA) is 97.0 Å². The second kappa shape index (κ2) is 14.6. The van der Waals surface area contributed by atoms with Gasteiger partial charge in [-0.15, -0.1) is 0 Å². The molecule has 266 valence electrons. The Balaban J connectivity index is 0.000000187. The predicted molar refractivity (Wildman–Crippen MR) is 198 cm³/mol. The lowest BCUT2D eigenvalue weighted by Crippen LogP contribution is -2.54. The molecular weight excluding hydrogens is 624 g/mol. The van der Waals surface area contributed by atoms with Crippen LogP contribution in [-0.2, 0) is 22.3 Å². The standard InChI is InChI=1S/C25H31N3O2.C16H23N3O/c1-27(2)25(21-11-7-4-8-12-21)15-13-24(14-16-25)19-28(23(30)26-24)18-22(29)17-20-9-5-3-6-10-20;1-19(2)16(13-6-4-3-5-7-13)10-8-15(9-11-16)12-17-14(20)18-15/h3-12H,13-19H2,1-2H3,(H,26,30);3-7H,8-12H2,1-2H3,(H2,17,18,20). The lowest BCUT2D eigenvalue weighted by atomic mass is 9.69. The fraction of sp³-hybridized carbons (Fsp3) is 0.488. The molecule has 2 heterocycles. The molecule has 0 bridgehead atoms. The molecule has 3 aromatic carbocycles. The van der Waals surface area contributed by atoms with Crippen molar-refractivity contribution in [3.8, 4) is 0 Å². The summed E-state index contributed by atoms with van der Waals surface area (Å²) in [5.41, 5.74) is 3.56. The van der Waals surface area contributed by atoms with Gasteiger partial charge in [0.1, 0.15) is 0 Å². The minimum atomic E-state index is -0.224. The number of rotatable bonds is 8. The molecule has 4 fully saturated rings. The molecule has 9 nitrogen and oxygen atoms in total. The first kappa shape index (κ1) is 35.6. The van der Waals surface area contributed by atoms with Gasteiger partial charge in [0.05, 0.1) is 17.6 Å². The van der Waals surface area contributed by atoms with Crippen LogP contribution in [0.1, 0.15) is 68.1 Å². The minimum absolute atomic E-state index is 0.00616. The third-order valence-electron chi connectivity index (χ3n) is 12.1. The third-order valence-corrected chi connectivity index (χ3v) is 12.1. The molecule has 3 aromatic rings. The Morgan fingerprint density at radius 3 is 1.54 bits per heavy atom. The summed E-state index contributed by atoms with van der Waals surface area (Å²) in [6.45, 7) is 1.56. The van der Waals surface area contributed by atoms with E-state index in [0.717, 1.165) is 63.5 Å². The van der Waals surface area contributed by atoms with Crippen molar-refractivity contribution in [1.82, 2.24) is 30.7 Å². The summed E-state index contributed by atoms with van der Waals surface area (Å²) < 4.78 is 0. The highest BCUT2D eigenvalue weighted by Gasteiger charge is 2.50. The molecule has 4 aliphatic rings. The van der Waals surface area contributed by atoms with E-state index in [1.165, 1.54) is 11.1 Å². The average molecular weight is 679 g/mol. The highest BCUT2D eigenvalue weighted by atomic mass is 16.2. The van der Waals surface area contributed by atoms with E-state index in [-0.39, 0.29) is 46.5 Å². The Bertz CT molecular complexity index is 1610. The number of carbonyl (C=O) groups excluding carboxylic acids is 3. The summed E-state index contributed by atoms with van der Waals surface area (Å²) in [4.78, 5) is 43.0. The summed E-state index contributed by atoms with van der Waals surface area (Å²) in [6.07, 6.45) is 8.36. The fourth-order valence-electron chi connectivity index (χ4n) is 8.94. The maximum absolute atomic E-state index is 12.7. The van der Waals surface area contributed by atoms with Gasteiger partial charge in [-0.2, -0.15) is 0 Å². The molecule has 0 aromatic heterocycles. The van der Waals surface area contributed by atoms with Gasteiger partial charge in [0, 0.05) is 30.6 Å². The predicted octanol–water partition coefficient (Wildman–Crippen LogP) is 5.66. The van der Waals surface area contributed by atoms with Crippen molar-refractivity contribution in [2.24, 2.45) is 0 Å². The highest BCUT2D eigenvalue weighted by Crippen LogP contribution is 2.46. The quantitative estimate of drug-likeness (QED) is 0.286. The highest BCUT2D eigenvalue weighted by molar-refractivity contribution is 5.88. The SMILES string of the molecule is CN(C)C1(c2ccccc2)CCC2(CC1)CN(CC(=O)Cc1ccccc1)C(=O)N2.CN(C)C1(c2ccccc2)CCC2(CC1)CNC(=O)N2. The third kappa shape index (κ3) is 7.30. The Labute approximate surface area is 297 Å². The number of carbonyl (C=O) groups is 3. The molecule has 2 aliphatic carbocycles. The van der Waals surface area contributed by atoms with Crippen LogP contribution >= 0.6 is 0 Å². The molecule has 2 spiro atoms. The number of nitrogens with one attached hydrogen (secondary N) is 3. The lowest BCUT2D eigenvalue weighted by Gasteiger charge is -2.48. The van der Waals surface area contributed by atoms with E-state index in [4.69, 9.17) is 0 Å². The van der Waals surface area contributed by atoms with Crippen LogP contribution in [0.2, 0.25) is 0 Å². The Morgan fingerprint density at radius 1 is 0.640 bits per heavy atom. The van der Waals surface area contributed by atoms with Crippen molar-refractivity contribution < 1.29 is 14.4 Å². The van der Waals surface area contributed by atoms with E-state index in [9.17, 15) is 14.4 Å². The fourth-order valence-corrected chi connectivity index (χ4v) is 8.94. The average Bonchev–Trinajstić information content (AvgIpc) is 3.64. The van der Waals surface area contributed by atoms with E-state index in [0.29, 0.717) is 13.0 Å². The largest absolute Gasteiger partial charge is 0.336 e. The maximum atomic E-state index is 12.7. The smallest absolute Gasteiger partial charge is 0.318 e. The van der Waals surface area contributed by atoms with Gasteiger partial charge in [-0.1, -0.05) is 91.0 Å². The number of benzene rings is 3. The van der Waals surface area contributed by atoms with Crippen LogP contribution < -0.4 is 16.0 Å². The Morgan fingerprint density at radius 2 is 1.10 bits per heavy atom. The Hall–Kier alpha value is -4.21. The summed E-state index contributed by atoms with van der Waals surface area (Å²) >= 11 is 0. The molecule has 0 unspecified atom stereocenters. The maximum Gasteiger partial charge on any atom is 0.318 e. The van der Waals surface area contributed by atoms with Crippen LogP contribution in [0.3, 0.4) is 0 Å². The van der Waals surface area contributed by atoms with Gasteiger partial charge >= 0.3 is 12.1 Å². The van der Waals surface area contributed by atoms with Crippen LogP contribution in [0.25, 0.3) is 0 Å². The zero-order valence-corrected chi connectivity index (χ0v) is 30.2. The number of Topliss-reactive ketones (excluding diaryl/α,β-unsaturated/α-hetero) is 1. The van der Waals surface area contributed by atoms with Crippen LogP contribution in [-0.4, -0.2) is 91.4 Å². The van der Waals surface area contributed by atoms with Gasteiger partial charge in [-0.3, -0.25) is 14.6 Å². The van der Waals surface area contributed by atoms with Crippen molar-refractivity contribution >= 4 is 17.8 Å². The summed E-state index contributed by atoms with van der Waals surface area (Å²) in [5.74, 6) is 0.0798. The molecule has 7 rings (SSSR count). The normalized spacial score (nSPS) is 29.0. The van der Waals surface area contributed by atoms with Crippen LogP contribution in [0, 0.1) is 0 Å². The molecule has 0 radical (unpaired) electrons. The van der Waals surface area contributed by atoms with Gasteiger partial charge in [0.15, 0.2) is 5.78 Å². The van der Waals surface area contributed by atoms with Gasteiger partial charge in [0.2, 0.25) is 0 Å². The van der Waals surface area contributed by atoms with Gasteiger partial charge in [-0.05, 0) is 96.2 Å². The number of hydrogen-bond donors (Lipinski definition) is 3. The van der Waals surface area contributed by atoms with Crippen molar-refractivity contribution in [2.75, 3.05) is 47.8 Å². The van der Waals surface area contributed by atoms with Crippen molar-refractivity contribution in [3.63, 3.8) is 0 Å². The van der Waals surface area contributed by atoms with E-state index in [1.807, 2.05) is 30.3 Å². The second-order valence-electron chi connectivity index (χ2n) is 15.4. The van der Waals surface area contributed by atoms with Crippen LogP contribution in [0.4, 0.5) is 9.59 Å². The number of nitrogens with zero attached hydrogens (tertiary/aromatic N) is 3. The van der Waals surface area contributed by atoms with Gasteiger partial charge in [-0.25, -0.2) is 9.59 Å². The van der Waals surface area contributed by atoms with Crippen molar-refractivity contribution in [2.45, 2.75) is 79.9 Å². The molecule has 2 saturated carbocycles. The number of hydrogen-bond acceptors (Lipinski definition) is 5. The first-order valence-corrected chi connectivity index (χ1v) is 18.1. The van der Waals surface area contributed by atoms with E-state index >= 15 is 0 Å². The monoisotopic (exact) mass is 678 g/mol. The first-order valence-electron chi connectivity index (χ1n) is 18.1. The lowest BCUT2D eigenvalue weighted by molar-refractivity contribution is -0.119. The summed E-state index contributed by atoms with van der Waals surface area (Å²) in [7, 11) is 8.62. The molecule has 3 N–H and O–H groups in total. The van der Waals surface area contributed by atoms with Gasteiger partial charge in [0.25, 0.3) is 0 Å². The molecule has 50 heavy (non-hydrogen) atoms. The van der Waals surface area contributed by atoms with Gasteiger partial charge < -0.3 is 20.9 Å². The Kier molecular flexibility index (Phi) is 10.4. The van der Waals surface area contributed by atoms with Crippen molar-refractivity contribution in [3.05, 3.63) is 108 Å². The van der Waals surface area contributed by atoms with Crippen LogP contribution in [0.15, 0.2) is 91.0 Å². The first-order chi connectivity index (χ1) is 24.0. The second-order valence-corrected chi connectivity index (χ2v) is 15.4. The zero-order chi connectivity index (χ0) is 35.4. The number of ketones is 1. The minimum Gasteiger partial charge on any atom is -0.336 e. The molecule has 2 saturated heterocycles. The van der Waals surface area contributed by atoms with E-state index < -0.39 is 0 Å². The van der Waals surface area contributed by atoms with Crippen LogP contribution in [0.5, 0.6) is 0 Å². The summed E-state index contributed by atoms with van der Waals surface area (Å²) in [6, 6.07) is 31.0. The summed E-state index contributed by atoms with van der Waals surface area (Å²) in [5, 5.41) is 9.27. The number of urea groups is 2.